The first-order valence-corrected chi connectivity index (χ1v) is 8.44. The molecule has 5 nitrogen and oxygen atoms in total. The van der Waals surface area contributed by atoms with Crippen LogP contribution in [0.1, 0.15) is 17.0 Å². The van der Waals surface area contributed by atoms with Crippen LogP contribution in [0.5, 0.6) is 0 Å². The van der Waals surface area contributed by atoms with Gasteiger partial charge in [0.2, 0.25) is 0 Å². The molecule has 2 heterocycles. The van der Waals surface area contributed by atoms with Gasteiger partial charge in [-0.1, -0.05) is 30.3 Å². The number of rotatable bonds is 7. The molecule has 128 valence electrons. The highest BCUT2D eigenvalue weighted by Crippen LogP contribution is 2.16. The summed E-state index contributed by atoms with van der Waals surface area (Å²) in [7, 11) is 2.06. The quantitative estimate of drug-likeness (QED) is 0.717. The van der Waals surface area contributed by atoms with Crippen molar-refractivity contribution < 1.29 is 0 Å². The van der Waals surface area contributed by atoms with Crippen LogP contribution in [0.4, 0.5) is 11.6 Å². The van der Waals surface area contributed by atoms with E-state index >= 15 is 0 Å². The molecule has 3 rings (SSSR count). The second-order valence-electron chi connectivity index (χ2n) is 6.02. The first-order valence-electron chi connectivity index (χ1n) is 8.44. The number of anilines is 2. The molecular weight excluding hydrogens is 310 g/mol. The molecule has 0 saturated heterocycles. The van der Waals surface area contributed by atoms with Crippen molar-refractivity contribution in [2.45, 2.75) is 19.9 Å². The Hall–Kier alpha value is -2.95. The Labute approximate surface area is 148 Å². The first kappa shape index (κ1) is 16.9. The van der Waals surface area contributed by atoms with Crippen LogP contribution in [-0.4, -0.2) is 28.5 Å². The lowest BCUT2D eigenvalue weighted by molar-refractivity contribution is 0.847. The lowest BCUT2D eigenvalue weighted by Crippen LogP contribution is -2.22. The van der Waals surface area contributed by atoms with Gasteiger partial charge in [0.15, 0.2) is 0 Å². The van der Waals surface area contributed by atoms with Crippen LogP contribution in [0.15, 0.2) is 60.9 Å². The van der Waals surface area contributed by atoms with Crippen LogP contribution in [0.25, 0.3) is 0 Å². The summed E-state index contributed by atoms with van der Waals surface area (Å²) >= 11 is 0. The number of benzene rings is 1. The molecule has 2 aromatic heterocycles. The number of pyridine rings is 1. The van der Waals surface area contributed by atoms with Crippen LogP contribution in [-0.2, 0) is 13.0 Å². The molecule has 0 bridgehead atoms. The van der Waals surface area contributed by atoms with Gasteiger partial charge in [-0.25, -0.2) is 9.97 Å². The fourth-order valence-corrected chi connectivity index (χ4v) is 2.59. The summed E-state index contributed by atoms with van der Waals surface area (Å²) in [6.45, 7) is 3.56. The minimum absolute atomic E-state index is 0.747. The van der Waals surface area contributed by atoms with Crippen molar-refractivity contribution in [1.29, 1.82) is 0 Å². The summed E-state index contributed by atoms with van der Waals surface area (Å²) < 4.78 is 0. The Kier molecular flexibility index (Phi) is 5.57. The van der Waals surface area contributed by atoms with Gasteiger partial charge in [-0.05, 0) is 36.6 Å². The number of hydrogen-bond acceptors (Lipinski definition) is 5. The number of aryl methyl sites for hydroxylation is 1. The maximum atomic E-state index is 4.56. The van der Waals surface area contributed by atoms with Crippen molar-refractivity contribution in [2.24, 2.45) is 0 Å². The third kappa shape index (κ3) is 5.01. The van der Waals surface area contributed by atoms with Crippen LogP contribution in [0.2, 0.25) is 0 Å². The molecule has 1 N–H and O–H groups in total. The Morgan fingerprint density at radius 1 is 0.960 bits per heavy atom. The number of likely N-dealkylation sites (N-methyl/N-ethyl adjacent to an activating group) is 1. The van der Waals surface area contributed by atoms with E-state index in [1.807, 2.05) is 55.7 Å². The van der Waals surface area contributed by atoms with Crippen molar-refractivity contribution in [3.63, 3.8) is 0 Å². The van der Waals surface area contributed by atoms with Crippen LogP contribution < -0.4 is 10.2 Å². The molecule has 3 aromatic rings. The Balaban J connectivity index is 1.64. The Bertz CT molecular complexity index is 790. The normalized spacial score (nSPS) is 10.5. The highest BCUT2D eigenvalue weighted by atomic mass is 15.2. The average molecular weight is 333 g/mol. The molecule has 5 heteroatoms. The van der Waals surface area contributed by atoms with Crippen LogP contribution >= 0.6 is 0 Å². The van der Waals surface area contributed by atoms with E-state index in [1.54, 1.807) is 0 Å². The molecule has 0 aliphatic rings. The number of hydrogen-bond donors (Lipinski definition) is 1. The first-order chi connectivity index (χ1) is 12.2. The van der Waals surface area contributed by atoms with Gasteiger partial charge >= 0.3 is 0 Å². The topological polar surface area (TPSA) is 53.9 Å². The third-order valence-corrected chi connectivity index (χ3v) is 4.02. The highest BCUT2D eigenvalue weighted by molar-refractivity contribution is 5.49. The highest BCUT2D eigenvalue weighted by Gasteiger charge is 2.07. The Morgan fingerprint density at radius 2 is 1.72 bits per heavy atom. The van der Waals surface area contributed by atoms with E-state index in [0.717, 1.165) is 37.0 Å². The van der Waals surface area contributed by atoms with Crippen molar-refractivity contribution in [3.8, 4) is 0 Å². The molecule has 0 aliphatic carbocycles. The van der Waals surface area contributed by atoms with Crippen LogP contribution in [0.3, 0.4) is 0 Å². The van der Waals surface area contributed by atoms with Gasteiger partial charge in [-0.2, -0.15) is 0 Å². The lowest BCUT2D eigenvalue weighted by atomic mass is 10.2. The van der Waals surface area contributed by atoms with E-state index in [-0.39, 0.29) is 0 Å². The minimum atomic E-state index is 0.747. The SMILES string of the molecule is Cc1nc(NCc2ccccc2)cc(N(C)CCc2ccncc2)n1. The molecule has 0 unspecified atom stereocenters. The van der Waals surface area contributed by atoms with E-state index in [2.05, 4.69) is 44.3 Å². The van der Waals surface area contributed by atoms with E-state index in [9.17, 15) is 0 Å². The van der Waals surface area contributed by atoms with Crippen molar-refractivity contribution in [3.05, 3.63) is 77.9 Å². The molecule has 0 atom stereocenters. The molecule has 0 radical (unpaired) electrons. The zero-order valence-corrected chi connectivity index (χ0v) is 14.7. The predicted molar refractivity (Wildman–Crippen MR) is 102 cm³/mol. The van der Waals surface area contributed by atoms with Gasteiger partial charge in [0, 0.05) is 38.6 Å². The largest absolute Gasteiger partial charge is 0.366 e. The number of nitrogens with zero attached hydrogens (tertiary/aromatic N) is 4. The second kappa shape index (κ2) is 8.24. The summed E-state index contributed by atoms with van der Waals surface area (Å²) in [6, 6.07) is 16.4. The average Bonchev–Trinajstić information content (AvgIpc) is 2.66. The number of aromatic nitrogens is 3. The molecule has 0 aliphatic heterocycles. The van der Waals surface area contributed by atoms with E-state index in [1.165, 1.54) is 11.1 Å². The maximum Gasteiger partial charge on any atom is 0.134 e. The fourth-order valence-electron chi connectivity index (χ4n) is 2.59. The van der Waals surface area contributed by atoms with E-state index < -0.39 is 0 Å². The van der Waals surface area contributed by atoms with Gasteiger partial charge in [0.25, 0.3) is 0 Å². The molecule has 25 heavy (non-hydrogen) atoms. The lowest BCUT2D eigenvalue weighted by Gasteiger charge is -2.19. The van der Waals surface area contributed by atoms with Gasteiger partial charge in [-0.15, -0.1) is 0 Å². The maximum absolute atomic E-state index is 4.56. The zero-order chi connectivity index (χ0) is 17.5. The van der Waals surface area contributed by atoms with E-state index in [4.69, 9.17) is 0 Å². The summed E-state index contributed by atoms with van der Waals surface area (Å²) in [4.78, 5) is 15.3. The third-order valence-electron chi connectivity index (χ3n) is 4.02. The summed E-state index contributed by atoms with van der Waals surface area (Å²) in [5.41, 5.74) is 2.50. The Morgan fingerprint density at radius 3 is 2.48 bits per heavy atom. The predicted octanol–water partition coefficient (Wildman–Crippen LogP) is 3.47. The van der Waals surface area contributed by atoms with Gasteiger partial charge in [0.1, 0.15) is 17.5 Å². The van der Waals surface area contributed by atoms with Gasteiger partial charge < -0.3 is 10.2 Å². The zero-order valence-electron chi connectivity index (χ0n) is 14.7. The van der Waals surface area contributed by atoms with Crippen molar-refractivity contribution >= 4 is 11.6 Å². The molecule has 1 aromatic carbocycles. The molecular formula is C20H23N5. The molecule has 0 spiro atoms. The summed E-state index contributed by atoms with van der Waals surface area (Å²) in [5, 5.41) is 3.38. The second-order valence-corrected chi connectivity index (χ2v) is 6.02. The monoisotopic (exact) mass is 333 g/mol. The summed E-state index contributed by atoms with van der Waals surface area (Å²) in [5.74, 6) is 2.54. The van der Waals surface area contributed by atoms with Crippen LogP contribution in [0, 0.1) is 6.92 Å². The van der Waals surface area contributed by atoms with Gasteiger partial charge in [-0.3, -0.25) is 4.98 Å². The van der Waals surface area contributed by atoms with Gasteiger partial charge in [0.05, 0.1) is 0 Å². The number of nitrogens with one attached hydrogen (secondary N) is 1. The molecule has 0 amide bonds. The standard InChI is InChI=1S/C20H23N5/c1-16-23-19(22-15-18-6-4-3-5-7-18)14-20(24-16)25(2)13-10-17-8-11-21-12-9-17/h3-9,11-12,14H,10,13,15H2,1-2H3,(H,22,23,24). The molecule has 0 saturated carbocycles. The molecule has 0 fully saturated rings. The smallest absolute Gasteiger partial charge is 0.134 e. The van der Waals surface area contributed by atoms with E-state index in [0.29, 0.717) is 0 Å². The van der Waals surface area contributed by atoms with Crippen molar-refractivity contribution in [1.82, 2.24) is 15.0 Å². The summed E-state index contributed by atoms with van der Waals surface area (Å²) in [6.07, 6.45) is 4.61. The van der Waals surface area contributed by atoms with Crippen molar-refractivity contribution in [2.75, 3.05) is 23.8 Å². The minimum Gasteiger partial charge on any atom is -0.366 e. The fraction of sp³-hybridized carbons (Fsp3) is 0.250.